The van der Waals surface area contributed by atoms with E-state index in [0.29, 0.717) is 37.1 Å². The van der Waals surface area contributed by atoms with Crippen molar-refractivity contribution in [3.05, 3.63) is 107 Å². The van der Waals surface area contributed by atoms with E-state index < -0.39 is 11.8 Å². The Kier molecular flexibility index (Phi) is 7.79. The second-order valence-electron chi connectivity index (χ2n) is 10.3. The van der Waals surface area contributed by atoms with E-state index in [-0.39, 0.29) is 30.4 Å². The molecule has 1 spiro atoms. The first-order valence-electron chi connectivity index (χ1n) is 13.7. The summed E-state index contributed by atoms with van der Waals surface area (Å²) in [5.74, 6) is -0.519. The van der Waals surface area contributed by atoms with Crippen molar-refractivity contribution in [1.82, 2.24) is 15.1 Å². The molecule has 2 fully saturated rings. The fourth-order valence-corrected chi connectivity index (χ4v) is 5.55. The van der Waals surface area contributed by atoms with Crippen LogP contribution in [0.5, 0.6) is 0 Å². The molecular weight excluding hydrogens is 490 g/mol. The van der Waals surface area contributed by atoms with Crippen molar-refractivity contribution in [3.63, 3.8) is 0 Å². The van der Waals surface area contributed by atoms with Crippen LogP contribution in [0.1, 0.15) is 64.6 Å². The number of nitrogens with one attached hydrogen (secondary N) is 1. The quantitative estimate of drug-likeness (QED) is 0.510. The first-order chi connectivity index (χ1) is 18.9. The maximum atomic E-state index is 13.9. The Balaban J connectivity index is 1.35. The molecule has 0 aliphatic carbocycles. The number of hydrogen-bond acceptors (Lipinski definition) is 4. The van der Waals surface area contributed by atoms with Gasteiger partial charge in [0.15, 0.2) is 0 Å². The van der Waals surface area contributed by atoms with Crippen LogP contribution in [-0.2, 0) is 16.0 Å². The third kappa shape index (κ3) is 5.45. The normalized spacial score (nSPS) is 19.1. The number of nitrogens with zero attached hydrogens (tertiary/aromatic N) is 2. The van der Waals surface area contributed by atoms with E-state index in [2.05, 4.69) is 12.2 Å². The van der Waals surface area contributed by atoms with Crippen LogP contribution >= 0.6 is 0 Å². The van der Waals surface area contributed by atoms with Crippen LogP contribution in [0.3, 0.4) is 0 Å². The molecule has 2 heterocycles. The standard InChI is InChI=1S/C32H35N3O4/c1-3-24-14-16-27(17-15-24)30(37)34-20-18-32(19-21-34)35(31(38)26-12-8-5-9-13-26)28(22-39-32)29(36)33-23(2)25-10-6-4-7-11-25/h4-17,23,28H,3,18-22H2,1-2H3,(H,33,36)/t23-,28-/m0/s1. The Morgan fingerprint density at radius 2 is 1.46 bits per heavy atom. The monoisotopic (exact) mass is 525 g/mol. The highest BCUT2D eigenvalue weighted by Gasteiger charge is 2.54. The lowest BCUT2D eigenvalue weighted by Gasteiger charge is -2.44. The molecule has 0 radical (unpaired) electrons. The fourth-order valence-electron chi connectivity index (χ4n) is 5.55. The van der Waals surface area contributed by atoms with Gasteiger partial charge in [0, 0.05) is 37.1 Å². The zero-order valence-electron chi connectivity index (χ0n) is 22.5. The van der Waals surface area contributed by atoms with E-state index in [1.54, 1.807) is 17.0 Å². The lowest BCUT2D eigenvalue weighted by Crippen LogP contribution is -2.60. The summed E-state index contributed by atoms with van der Waals surface area (Å²) in [5, 5.41) is 3.08. The lowest BCUT2D eigenvalue weighted by molar-refractivity contribution is -0.128. The number of amides is 3. The Morgan fingerprint density at radius 1 is 0.872 bits per heavy atom. The molecule has 3 aromatic rings. The van der Waals surface area contributed by atoms with E-state index in [0.717, 1.165) is 12.0 Å². The molecule has 202 valence electrons. The van der Waals surface area contributed by atoms with Gasteiger partial charge in [-0.1, -0.05) is 67.6 Å². The van der Waals surface area contributed by atoms with Gasteiger partial charge in [0.1, 0.15) is 11.8 Å². The summed E-state index contributed by atoms with van der Waals surface area (Å²) in [5.41, 5.74) is 2.38. The summed E-state index contributed by atoms with van der Waals surface area (Å²) < 4.78 is 6.33. The van der Waals surface area contributed by atoms with Crippen LogP contribution in [0, 0.1) is 0 Å². The van der Waals surface area contributed by atoms with E-state index in [1.807, 2.05) is 84.6 Å². The molecule has 0 aromatic heterocycles. The molecule has 1 N–H and O–H groups in total. The molecule has 2 aliphatic rings. The summed E-state index contributed by atoms with van der Waals surface area (Å²) in [6.07, 6.45) is 1.78. The Morgan fingerprint density at radius 3 is 2.08 bits per heavy atom. The molecule has 7 heteroatoms. The van der Waals surface area contributed by atoms with Crippen LogP contribution in [0.25, 0.3) is 0 Å². The summed E-state index contributed by atoms with van der Waals surface area (Å²) in [4.78, 5) is 44.1. The molecule has 2 saturated heterocycles. The van der Waals surface area contributed by atoms with Gasteiger partial charge in [-0.2, -0.15) is 0 Å². The molecule has 0 unspecified atom stereocenters. The first kappa shape index (κ1) is 26.6. The lowest BCUT2D eigenvalue weighted by atomic mass is 9.95. The van der Waals surface area contributed by atoms with Gasteiger partial charge in [0.25, 0.3) is 11.8 Å². The summed E-state index contributed by atoms with van der Waals surface area (Å²) in [7, 11) is 0. The Bertz CT molecular complexity index is 1300. The van der Waals surface area contributed by atoms with Crippen molar-refractivity contribution in [2.75, 3.05) is 19.7 Å². The minimum absolute atomic E-state index is 0.0302. The summed E-state index contributed by atoms with van der Waals surface area (Å²) >= 11 is 0. The van der Waals surface area contributed by atoms with Crippen LogP contribution < -0.4 is 5.32 Å². The van der Waals surface area contributed by atoms with Crippen molar-refractivity contribution in [2.45, 2.75) is 50.9 Å². The third-order valence-electron chi connectivity index (χ3n) is 7.90. The topological polar surface area (TPSA) is 79.0 Å². The number of rotatable bonds is 6. The molecule has 2 atom stereocenters. The van der Waals surface area contributed by atoms with E-state index in [4.69, 9.17) is 4.74 Å². The average molecular weight is 526 g/mol. The molecule has 39 heavy (non-hydrogen) atoms. The van der Waals surface area contributed by atoms with Crippen molar-refractivity contribution in [1.29, 1.82) is 0 Å². The van der Waals surface area contributed by atoms with Crippen LogP contribution in [0.2, 0.25) is 0 Å². The number of benzene rings is 3. The van der Waals surface area contributed by atoms with Crippen LogP contribution in [0.15, 0.2) is 84.9 Å². The van der Waals surface area contributed by atoms with Crippen LogP contribution in [0.4, 0.5) is 0 Å². The molecule has 2 aliphatic heterocycles. The van der Waals surface area contributed by atoms with Gasteiger partial charge in [-0.25, -0.2) is 0 Å². The number of ether oxygens (including phenoxy) is 1. The first-order valence-corrected chi connectivity index (χ1v) is 13.7. The van der Waals surface area contributed by atoms with Crippen molar-refractivity contribution < 1.29 is 19.1 Å². The van der Waals surface area contributed by atoms with Gasteiger partial charge >= 0.3 is 0 Å². The highest BCUT2D eigenvalue weighted by atomic mass is 16.5. The number of hydrogen-bond donors (Lipinski definition) is 1. The molecular formula is C32H35N3O4. The van der Waals surface area contributed by atoms with Gasteiger partial charge in [0.05, 0.1) is 12.6 Å². The van der Waals surface area contributed by atoms with Crippen molar-refractivity contribution in [2.24, 2.45) is 0 Å². The zero-order chi connectivity index (χ0) is 27.4. The predicted molar refractivity (Wildman–Crippen MR) is 149 cm³/mol. The molecule has 0 saturated carbocycles. The van der Waals surface area contributed by atoms with Crippen molar-refractivity contribution in [3.8, 4) is 0 Å². The number of carbonyl (C=O) groups excluding carboxylic acids is 3. The van der Waals surface area contributed by atoms with Gasteiger partial charge in [0.2, 0.25) is 5.91 Å². The smallest absolute Gasteiger partial charge is 0.256 e. The fraction of sp³-hybridized carbons (Fsp3) is 0.344. The largest absolute Gasteiger partial charge is 0.353 e. The second kappa shape index (κ2) is 11.4. The predicted octanol–water partition coefficient (Wildman–Crippen LogP) is 4.60. The molecule has 3 aromatic carbocycles. The summed E-state index contributed by atoms with van der Waals surface area (Å²) in [6, 6.07) is 25.5. The van der Waals surface area contributed by atoms with E-state index in [9.17, 15) is 14.4 Å². The Labute approximate surface area is 229 Å². The minimum Gasteiger partial charge on any atom is -0.353 e. The van der Waals surface area contributed by atoms with E-state index >= 15 is 0 Å². The zero-order valence-corrected chi connectivity index (χ0v) is 22.5. The number of carbonyl (C=O) groups is 3. The SMILES string of the molecule is CCc1ccc(C(=O)N2CCC3(CC2)OC[C@@H](C(=O)N[C@@H](C)c2ccccc2)N3C(=O)c2ccccc2)cc1. The number of aryl methyl sites for hydroxylation is 1. The molecule has 5 rings (SSSR count). The minimum atomic E-state index is -0.951. The van der Waals surface area contributed by atoms with Gasteiger partial charge in [-0.05, 0) is 48.7 Å². The van der Waals surface area contributed by atoms with Gasteiger partial charge in [-0.15, -0.1) is 0 Å². The molecule has 0 bridgehead atoms. The second-order valence-corrected chi connectivity index (χ2v) is 10.3. The van der Waals surface area contributed by atoms with Crippen LogP contribution in [-0.4, -0.2) is 59.0 Å². The summed E-state index contributed by atoms with van der Waals surface area (Å²) in [6.45, 7) is 4.99. The maximum absolute atomic E-state index is 13.9. The molecule has 3 amide bonds. The Hall–Kier alpha value is -3.97. The highest BCUT2D eigenvalue weighted by molar-refractivity contribution is 5.98. The van der Waals surface area contributed by atoms with Gasteiger partial charge in [-0.3, -0.25) is 19.3 Å². The average Bonchev–Trinajstić information content (AvgIpc) is 3.36. The van der Waals surface area contributed by atoms with Gasteiger partial charge < -0.3 is 15.0 Å². The molecule has 7 nitrogen and oxygen atoms in total. The van der Waals surface area contributed by atoms with E-state index in [1.165, 1.54) is 5.56 Å². The maximum Gasteiger partial charge on any atom is 0.256 e. The number of piperidine rings is 1. The number of likely N-dealkylation sites (tertiary alicyclic amines) is 1. The van der Waals surface area contributed by atoms with Crippen molar-refractivity contribution >= 4 is 17.7 Å². The highest BCUT2D eigenvalue weighted by Crippen LogP contribution is 2.39. The third-order valence-corrected chi connectivity index (χ3v) is 7.90.